The Labute approximate surface area is 119 Å². The summed E-state index contributed by atoms with van der Waals surface area (Å²) >= 11 is 5.89. The van der Waals surface area contributed by atoms with E-state index in [-0.39, 0.29) is 12.1 Å². The maximum Gasteiger partial charge on any atom is 0.407 e. The van der Waals surface area contributed by atoms with Crippen molar-refractivity contribution in [2.75, 3.05) is 0 Å². The maximum atomic E-state index is 11.6. The van der Waals surface area contributed by atoms with Crippen LogP contribution in [-0.4, -0.2) is 22.7 Å². The molecule has 1 heterocycles. The van der Waals surface area contributed by atoms with Crippen molar-refractivity contribution < 1.29 is 9.53 Å². The number of pyridine rings is 1. The molecule has 0 aliphatic carbocycles. The van der Waals surface area contributed by atoms with Crippen molar-refractivity contribution in [3.8, 4) is 0 Å². The average Bonchev–Trinajstić information content (AvgIpc) is 2.23. The summed E-state index contributed by atoms with van der Waals surface area (Å²) in [6.07, 6.45) is 2.84. The van der Waals surface area contributed by atoms with Crippen LogP contribution in [0, 0.1) is 0 Å². The lowest BCUT2D eigenvalue weighted by Crippen LogP contribution is -2.37. The number of nitrogens with zero attached hydrogens (tertiary/aromatic N) is 1. The number of aromatic nitrogens is 1. The number of carbonyl (C=O) groups excluding carboxylic acids is 1. The number of hydrogen-bond acceptors (Lipinski definition) is 3. The molecule has 0 saturated carbocycles. The Bertz CT molecular complexity index is 430. The molecule has 0 aromatic carbocycles. The fourth-order valence-electron chi connectivity index (χ4n) is 1.53. The molecule has 1 N–H and O–H groups in total. The number of aryl methyl sites for hydroxylation is 1. The van der Waals surface area contributed by atoms with Gasteiger partial charge in [-0.15, -0.1) is 0 Å². The highest BCUT2D eigenvalue weighted by atomic mass is 35.5. The Morgan fingerprint density at radius 2 is 2.21 bits per heavy atom. The number of alkyl carbamates (subject to hydrolysis) is 1. The predicted octanol–water partition coefficient (Wildman–Crippen LogP) is 3.58. The number of nitrogens with one attached hydrogen (secondary N) is 1. The van der Waals surface area contributed by atoms with Crippen molar-refractivity contribution in [1.82, 2.24) is 10.3 Å². The highest BCUT2D eigenvalue weighted by Crippen LogP contribution is 2.11. The standard InChI is InChI=1S/C14H21ClN2O2/c1-10(17-13(18)19-14(2,3)4)5-6-12-9-11(15)7-8-16-12/h7-10H,5-6H2,1-4H3,(H,17,18)/t10-/m0/s1. The van der Waals surface area contributed by atoms with Gasteiger partial charge in [-0.1, -0.05) is 11.6 Å². The first-order valence-corrected chi connectivity index (χ1v) is 6.74. The third kappa shape index (κ3) is 7.01. The summed E-state index contributed by atoms with van der Waals surface area (Å²) in [7, 11) is 0. The monoisotopic (exact) mass is 284 g/mol. The van der Waals surface area contributed by atoms with E-state index in [4.69, 9.17) is 16.3 Å². The molecule has 1 aromatic heterocycles. The van der Waals surface area contributed by atoms with Gasteiger partial charge in [-0.3, -0.25) is 4.98 Å². The van der Waals surface area contributed by atoms with E-state index in [1.165, 1.54) is 0 Å². The maximum absolute atomic E-state index is 11.6. The van der Waals surface area contributed by atoms with Crippen molar-refractivity contribution in [3.05, 3.63) is 29.0 Å². The number of amides is 1. The molecule has 1 amide bonds. The van der Waals surface area contributed by atoms with Gasteiger partial charge in [0.1, 0.15) is 5.60 Å². The molecule has 0 spiro atoms. The highest BCUT2D eigenvalue weighted by Gasteiger charge is 2.17. The van der Waals surface area contributed by atoms with Crippen LogP contribution in [0.1, 0.15) is 39.8 Å². The topological polar surface area (TPSA) is 51.2 Å². The van der Waals surface area contributed by atoms with Crippen LogP contribution in [0.5, 0.6) is 0 Å². The van der Waals surface area contributed by atoms with Crippen LogP contribution in [0.15, 0.2) is 18.3 Å². The van der Waals surface area contributed by atoms with Crippen LogP contribution < -0.4 is 5.32 Å². The van der Waals surface area contributed by atoms with E-state index in [1.54, 1.807) is 12.3 Å². The van der Waals surface area contributed by atoms with Crippen molar-refractivity contribution in [1.29, 1.82) is 0 Å². The summed E-state index contributed by atoms with van der Waals surface area (Å²) in [5, 5.41) is 3.48. The first-order chi connectivity index (χ1) is 8.76. The minimum Gasteiger partial charge on any atom is -0.444 e. The molecule has 0 aliphatic heterocycles. The summed E-state index contributed by atoms with van der Waals surface area (Å²) in [5.74, 6) is 0. The summed E-state index contributed by atoms with van der Waals surface area (Å²) in [5.41, 5.74) is 0.448. The van der Waals surface area contributed by atoms with Crippen LogP contribution in [0.3, 0.4) is 0 Å². The Morgan fingerprint density at radius 3 is 2.79 bits per heavy atom. The number of rotatable bonds is 4. The molecule has 0 unspecified atom stereocenters. The fraction of sp³-hybridized carbons (Fsp3) is 0.571. The molecule has 1 atom stereocenters. The van der Waals surface area contributed by atoms with E-state index < -0.39 is 5.60 Å². The minimum atomic E-state index is -0.474. The molecule has 0 fully saturated rings. The molecule has 0 radical (unpaired) electrons. The largest absolute Gasteiger partial charge is 0.444 e. The van der Waals surface area contributed by atoms with Gasteiger partial charge in [0.15, 0.2) is 0 Å². The molecule has 19 heavy (non-hydrogen) atoms. The molecule has 0 saturated heterocycles. The molecule has 5 heteroatoms. The molecule has 0 bridgehead atoms. The van der Waals surface area contributed by atoms with E-state index in [1.807, 2.05) is 33.8 Å². The Hall–Kier alpha value is -1.29. The molecular weight excluding hydrogens is 264 g/mol. The normalized spacial score (nSPS) is 12.9. The first kappa shape index (κ1) is 15.8. The van der Waals surface area contributed by atoms with Crippen LogP contribution in [0.2, 0.25) is 5.02 Å². The molecule has 106 valence electrons. The van der Waals surface area contributed by atoms with Crippen molar-refractivity contribution in [3.63, 3.8) is 0 Å². The molecule has 4 nitrogen and oxygen atoms in total. The second-order valence-electron chi connectivity index (χ2n) is 5.55. The smallest absolute Gasteiger partial charge is 0.407 e. The van der Waals surface area contributed by atoms with Gasteiger partial charge in [-0.05, 0) is 52.7 Å². The third-order valence-electron chi connectivity index (χ3n) is 2.38. The van der Waals surface area contributed by atoms with Gasteiger partial charge in [-0.2, -0.15) is 0 Å². The predicted molar refractivity (Wildman–Crippen MR) is 76.4 cm³/mol. The lowest BCUT2D eigenvalue weighted by Gasteiger charge is -2.21. The summed E-state index contributed by atoms with van der Waals surface area (Å²) < 4.78 is 5.19. The number of halogens is 1. The zero-order chi connectivity index (χ0) is 14.5. The molecular formula is C14H21ClN2O2. The lowest BCUT2D eigenvalue weighted by atomic mass is 10.1. The Morgan fingerprint density at radius 1 is 1.53 bits per heavy atom. The van der Waals surface area contributed by atoms with Crippen molar-refractivity contribution in [2.45, 2.75) is 52.2 Å². The van der Waals surface area contributed by atoms with Gasteiger partial charge in [0.25, 0.3) is 0 Å². The molecule has 1 aromatic rings. The van der Waals surface area contributed by atoms with E-state index in [0.717, 1.165) is 18.5 Å². The van der Waals surface area contributed by atoms with Crippen molar-refractivity contribution >= 4 is 17.7 Å². The van der Waals surface area contributed by atoms with E-state index in [2.05, 4.69) is 10.3 Å². The zero-order valence-electron chi connectivity index (χ0n) is 11.9. The zero-order valence-corrected chi connectivity index (χ0v) is 12.6. The molecule has 1 rings (SSSR count). The van der Waals surface area contributed by atoms with E-state index in [0.29, 0.717) is 5.02 Å². The van der Waals surface area contributed by atoms with Crippen LogP contribution >= 0.6 is 11.6 Å². The van der Waals surface area contributed by atoms with Gasteiger partial charge in [-0.25, -0.2) is 4.79 Å². The number of carbonyl (C=O) groups is 1. The van der Waals surface area contributed by atoms with Crippen LogP contribution in [-0.2, 0) is 11.2 Å². The van der Waals surface area contributed by atoms with Gasteiger partial charge >= 0.3 is 6.09 Å². The minimum absolute atomic E-state index is 0.0237. The van der Waals surface area contributed by atoms with E-state index >= 15 is 0 Å². The average molecular weight is 285 g/mol. The van der Waals surface area contributed by atoms with Crippen LogP contribution in [0.25, 0.3) is 0 Å². The van der Waals surface area contributed by atoms with Crippen molar-refractivity contribution in [2.24, 2.45) is 0 Å². The van der Waals surface area contributed by atoms with E-state index in [9.17, 15) is 4.79 Å². The van der Waals surface area contributed by atoms with Crippen LogP contribution in [0.4, 0.5) is 4.79 Å². The van der Waals surface area contributed by atoms with Gasteiger partial charge < -0.3 is 10.1 Å². The Balaban J connectivity index is 2.36. The number of hydrogen-bond donors (Lipinski definition) is 1. The number of ether oxygens (including phenoxy) is 1. The SMILES string of the molecule is C[C@@H](CCc1cc(Cl)ccn1)NC(=O)OC(C)(C)C. The van der Waals surface area contributed by atoms with Gasteiger partial charge in [0, 0.05) is 23.0 Å². The second kappa shape index (κ2) is 6.75. The third-order valence-corrected chi connectivity index (χ3v) is 2.61. The van der Waals surface area contributed by atoms with Gasteiger partial charge in [0.05, 0.1) is 0 Å². The first-order valence-electron chi connectivity index (χ1n) is 6.36. The second-order valence-corrected chi connectivity index (χ2v) is 5.99. The summed E-state index contributed by atoms with van der Waals surface area (Å²) in [4.78, 5) is 15.8. The quantitative estimate of drug-likeness (QED) is 0.919. The fourth-order valence-corrected chi connectivity index (χ4v) is 1.71. The summed E-state index contributed by atoms with van der Waals surface area (Å²) in [6, 6.07) is 3.60. The lowest BCUT2D eigenvalue weighted by molar-refractivity contribution is 0.0506. The highest BCUT2D eigenvalue weighted by molar-refractivity contribution is 6.30. The van der Waals surface area contributed by atoms with Gasteiger partial charge in [0.2, 0.25) is 0 Å². The molecule has 0 aliphatic rings. The Kier molecular flexibility index (Phi) is 5.60. The summed E-state index contributed by atoms with van der Waals surface area (Å²) in [6.45, 7) is 7.46.